The van der Waals surface area contributed by atoms with Crippen LogP contribution in [0.4, 0.5) is 0 Å². The maximum absolute atomic E-state index is 5.03. The topological polar surface area (TPSA) is 21.3 Å². The van der Waals surface area contributed by atoms with Crippen molar-refractivity contribution in [3.63, 3.8) is 0 Å². The number of methoxy groups -OCH3 is 1. The Bertz CT molecular complexity index is 317. The third kappa shape index (κ3) is 6.20. The van der Waals surface area contributed by atoms with E-state index in [0.29, 0.717) is 6.04 Å². The molecule has 0 aliphatic rings. The predicted molar refractivity (Wildman–Crippen MR) is 76.3 cm³/mol. The fourth-order valence-electron chi connectivity index (χ4n) is 1.76. The van der Waals surface area contributed by atoms with Gasteiger partial charge in [0, 0.05) is 24.2 Å². The molecule has 0 aliphatic carbocycles. The van der Waals surface area contributed by atoms with Crippen LogP contribution in [-0.2, 0) is 4.74 Å². The predicted octanol–water partition coefficient (Wildman–Crippen LogP) is 3.92. The Kier molecular flexibility index (Phi) is 7.49. The van der Waals surface area contributed by atoms with E-state index in [9.17, 15) is 0 Å². The van der Waals surface area contributed by atoms with Gasteiger partial charge >= 0.3 is 0 Å². The van der Waals surface area contributed by atoms with Crippen molar-refractivity contribution in [3.05, 3.63) is 34.3 Å². The quantitative estimate of drug-likeness (QED) is 0.735. The van der Waals surface area contributed by atoms with Crippen LogP contribution in [0, 0.1) is 0 Å². The van der Waals surface area contributed by atoms with Crippen LogP contribution in [-0.4, -0.2) is 20.3 Å². The number of ether oxygens (including phenoxy) is 1. The van der Waals surface area contributed by atoms with Gasteiger partial charge < -0.3 is 10.1 Å². The number of nitrogens with one attached hydrogen (secondary N) is 1. The van der Waals surface area contributed by atoms with Crippen molar-refractivity contribution in [2.24, 2.45) is 0 Å². The number of hydrogen-bond donors (Lipinski definition) is 1. The average molecular weight is 300 g/mol. The molecule has 1 atom stereocenters. The van der Waals surface area contributed by atoms with Gasteiger partial charge in [0.25, 0.3) is 0 Å². The third-order valence-corrected chi connectivity index (χ3v) is 3.32. The Labute approximate surface area is 113 Å². The summed E-state index contributed by atoms with van der Waals surface area (Å²) in [7, 11) is 1.76. The second-order valence-electron chi connectivity index (χ2n) is 4.28. The Balaban J connectivity index is 2.19. The lowest BCUT2D eigenvalue weighted by Gasteiger charge is -2.14. The lowest BCUT2D eigenvalue weighted by atomic mass is 10.1. The average Bonchev–Trinajstić information content (AvgIpc) is 2.33. The smallest absolute Gasteiger partial charge is 0.0462 e. The van der Waals surface area contributed by atoms with E-state index in [2.05, 4.69) is 52.4 Å². The van der Waals surface area contributed by atoms with Gasteiger partial charge in [-0.15, -0.1) is 0 Å². The number of hydrogen-bond acceptors (Lipinski definition) is 2. The van der Waals surface area contributed by atoms with Crippen LogP contribution in [0.15, 0.2) is 28.7 Å². The normalized spacial score (nSPS) is 12.6. The Morgan fingerprint density at radius 3 is 2.82 bits per heavy atom. The van der Waals surface area contributed by atoms with Crippen molar-refractivity contribution in [3.8, 4) is 0 Å². The summed E-state index contributed by atoms with van der Waals surface area (Å²) in [6, 6.07) is 8.88. The molecule has 1 rings (SSSR count). The molecule has 17 heavy (non-hydrogen) atoms. The van der Waals surface area contributed by atoms with Gasteiger partial charge in [-0.2, -0.15) is 0 Å². The summed E-state index contributed by atoms with van der Waals surface area (Å²) in [4.78, 5) is 0. The number of unbranched alkanes of at least 4 members (excludes halogenated alkanes) is 2. The first kappa shape index (κ1) is 14.7. The van der Waals surface area contributed by atoms with Crippen LogP contribution in [0.25, 0.3) is 0 Å². The van der Waals surface area contributed by atoms with Crippen LogP contribution in [0.2, 0.25) is 0 Å². The molecule has 1 aromatic carbocycles. The summed E-state index contributed by atoms with van der Waals surface area (Å²) in [5.74, 6) is 0. The highest BCUT2D eigenvalue weighted by Crippen LogP contribution is 2.17. The van der Waals surface area contributed by atoms with E-state index in [4.69, 9.17) is 4.74 Å². The first-order valence-electron chi connectivity index (χ1n) is 6.22. The van der Waals surface area contributed by atoms with E-state index in [-0.39, 0.29) is 0 Å². The van der Waals surface area contributed by atoms with Gasteiger partial charge in [0.15, 0.2) is 0 Å². The van der Waals surface area contributed by atoms with Crippen LogP contribution < -0.4 is 5.32 Å². The van der Waals surface area contributed by atoms with Crippen LogP contribution in [0.1, 0.15) is 37.8 Å². The summed E-state index contributed by atoms with van der Waals surface area (Å²) < 4.78 is 6.17. The van der Waals surface area contributed by atoms with Crippen molar-refractivity contribution in [2.45, 2.75) is 32.2 Å². The van der Waals surface area contributed by atoms with Gasteiger partial charge in [-0.25, -0.2) is 0 Å². The number of benzene rings is 1. The van der Waals surface area contributed by atoms with Gasteiger partial charge in [0.1, 0.15) is 0 Å². The van der Waals surface area contributed by atoms with Crippen LogP contribution in [0.5, 0.6) is 0 Å². The first-order chi connectivity index (χ1) is 8.24. The maximum Gasteiger partial charge on any atom is 0.0462 e. The molecule has 3 heteroatoms. The molecule has 0 saturated heterocycles. The van der Waals surface area contributed by atoms with Crippen LogP contribution >= 0.6 is 15.9 Å². The summed E-state index contributed by atoms with van der Waals surface area (Å²) in [5, 5.41) is 3.54. The lowest BCUT2D eigenvalue weighted by molar-refractivity contribution is 0.192. The standard InChI is InChI=1S/C14H22BrNO/c1-12(13-7-6-8-14(15)11-13)16-9-4-3-5-10-17-2/h6-8,11-12,16H,3-5,9-10H2,1-2H3. The van der Waals surface area contributed by atoms with Crippen molar-refractivity contribution >= 4 is 15.9 Å². The van der Waals surface area contributed by atoms with Gasteiger partial charge in [0.2, 0.25) is 0 Å². The molecule has 0 bridgehead atoms. The highest BCUT2D eigenvalue weighted by molar-refractivity contribution is 9.10. The fourth-order valence-corrected chi connectivity index (χ4v) is 2.18. The zero-order valence-corrected chi connectivity index (χ0v) is 12.3. The molecule has 0 saturated carbocycles. The Morgan fingerprint density at radius 2 is 2.12 bits per heavy atom. The molecule has 0 amide bonds. The summed E-state index contributed by atoms with van der Waals surface area (Å²) in [5.41, 5.74) is 1.33. The monoisotopic (exact) mass is 299 g/mol. The summed E-state index contributed by atoms with van der Waals surface area (Å²) in [6.45, 7) is 4.15. The minimum absolute atomic E-state index is 0.412. The van der Waals surface area contributed by atoms with E-state index in [1.165, 1.54) is 18.4 Å². The SMILES string of the molecule is COCCCCCNC(C)c1cccc(Br)c1. The van der Waals surface area contributed by atoms with Gasteiger partial charge in [-0.05, 0) is 50.4 Å². The Hall–Kier alpha value is -0.380. The largest absolute Gasteiger partial charge is 0.385 e. The molecule has 1 N–H and O–H groups in total. The van der Waals surface area contributed by atoms with E-state index < -0.39 is 0 Å². The van der Waals surface area contributed by atoms with E-state index in [1.807, 2.05) is 0 Å². The molecule has 0 aliphatic heterocycles. The molecule has 1 aromatic rings. The molecular weight excluding hydrogens is 278 g/mol. The van der Waals surface area contributed by atoms with E-state index in [0.717, 1.165) is 24.0 Å². The fraction of sp³-hybridized carbons (Fsp3) is 0.571. The Morgan fingerprint density at radius 1 is 1.29 bits per heavy atom. The lowest BCUT2D eigenvalue weighted by Crippen LogP contribution is -2.19. The molecule has 0 spiro atoms. The van der Waals surface area contributed by atoms with Crippen molar-refractivity contribution < 1.29 is 4.74 Å². The van der Waals surface area contributed by atoms with Gasteiger partial charge in [-0.3, -0.25) is 0 Å². The molecule has 2 nitrogen and oxygen atoms in total. The minimum Gasteiger partial charge on any atom is -0.385 e. The molecular formula is C14H22BrNO. The van der Waals surface area contributed by atoms with Crippen molar-refractivity contribution in [1.82, 2.24) is 5.32 Å². The minimum atomic E-state index is 0.412. The maximum atomic E-state index is 5.03. The molecule has 96 valence electrons. The summed E-state index contributed by atoms with van der Waals surface area (Å²) >= 11 is 3.50. The van der Waals surface area contributed by atoms with Crippen LogP contribution in [0.3, 0.4) is 0 Å². The molecule has 0 heterocycles. The molecule has 1 unspecified atom stereocenters. The van der Waals surface area contributed by atoms with Crippen molar-refractivity contribution in [2.75, 3.05) is 20.3 Å². The highest BCUT2D eigenvalue weighted by atomic mass is 79.9. The third-order valence-electron chi connectivity index (χ3n) is 2.82. The van der Waals surface area contributed by atoms with E-state index >= 15 is 0 Å². The second kappa shape index (κ2) is 8.67. The number of halogens is 1. The molecule has 0 radical (unpaired) electrons. The number of rotatable bonds is 8. The van der Waals surface area contributed by atoms with Gasteiger partial charge in [0.05, 0.1) is 0 Å². The zero-order valence-electron chi connectivity index (χ0n) is 10.7. The highest BCUT2D eigenvalue weighted by Gasteiger charge is 2.03. The summed E-state index contributed by atoms with van der Waals surface area (Å²) in [6.07, 6.45) is 3.59. The molecule has 0 fully saturated rings. The van der Waals surface area contributed by atoms with Crippen molar-refractivity contribution in [1.29, 1.82) is 0 Å². The second-order valence-corrected chi connectivity index (χ2v) is 5.20. The zero-order chi connectivity index (χ0) is 12.5. The first-order valence-corrected chi connectivity index (χ1v) is 7.01. The van der Waals surface area contributed by atoms with E-state index in [1.54, 1.807) is 7.11 Å². The van der Waals surface area contributed by atoms with Gasteiger partial charge in [-0.1, -0.05) is 28.1 Å². The molecule has 0 aromatic heterocycles.